The van der Waals surface area contributed by atoms with Crippen LogP contribution in [0.1, 0.15) is 16.7 Å². The second-order valence-corrected chi connectivity index (χ2v) is 4.94. The van der Waals surface area contributed by atoms with Gasteiger partial charge in [-0.05, 0) is 46.4 Å². The fourth-order valence-electron chi connectivity index (χ4n) is 2.72. The summed E-state index contributed by atoms with van der Waals surface area (Å²) in [4.78, 5) is 11.3. The lowest BCUT2D eigenvalue weighted by molar-refractivity contribution is -0.139. The van der Waals surface area contributed by atoms with Crippen LogP contribution < -0.4 is 4.74 Å². The van der Waals surface area contributed by atoms with Crippen molar-refractivity contribution in [3.63, 3.8) is 0 Å². The van der Waals surface area contributed by atoms with Gasteiger partial charge in [0.2, 0.25) is 0 Å². The molecule has 3 heteroatoms. The predicted octanol–water partition coefficient (Wildman–Crippen LogP) is 2.98. The number of hydrogen-bond acceptors (Lipinski definition) is 3. The van der Waals surface area contributed by atoms with E-state index in [9.17, 15) is 4.79 Å². The molecule has 1 aliphatic carbocycles. The molecular weight excluding hydrogens is 252 g/mol. The highest BCUT2D eigenvalue weighted by atomic mass is 16.5. The van der Waals surface area contributed by atoms with Gasteiger partial charge in [0, 0.05) is 0 Å². The molecule has 0 saturated carbocycles. The maximum atomic E-state index is 11.3. The van der Waals surface area contributed by atoms with Crippen molar-refractivity contribution < 1.29 is 14.3 Å². The Balaban J connectivity index is 1.94. The van der Waals surface area contributed by atoms with E-state index in [0.717, 1.165) is 17.7 Å². The minimum absolute atomic E-state index is 0.206. The highest BCUT2D eigenvalue weighted by molar-refractivity contribution is 5.79. The van der Waals surface area contributed by atoms with E-state index in [-0.39, 0.29) is 5.97 Å². The van der Waals surface area contributed by atoms with Crippen LogP contribution in [0, 0.1) is 0 Å². The molecule has 0 bridgehead atoms. The molecule has 20 heavy (non-hydrogen) atoms. The molecule has 0 radical (unpaired) electrons. The van der Waals surface area contributed by atoms with Gasteiger partial charge < -0.3 is 9.47 Å². The number of methoxy groups -OCH3 is 2. The Kier molecular flexibility index (Phi) is 3.18. The van der Waals surface area contributed by atoms with E-state index in [4.69, 9.17) is 9.47 Å². The van der Waals surface area contributed by atoms with Gasteiger partial charge in [-0.15, -0.1) is 0 Å². The quantitative estimate of drug-likeness (QED) is 0.685. The standard InChI is InChI=1S/C17H16O3/c1-19-14-4-6-16-13(10-14)9-12-7-11(3-5-15(12)16)8-17(18)20-2/h3-7,10H,8-9H2,1-2H3. The first-order chi connectivity index (χ1) is 9.71. The summed E-state index contributed by atoms with van der Waals surface area (Å²) in [6.07, 6.45) is 1.21. The Morgan fingerprint density at radius 1 is 1.05 bits per heavy atom. The second-order valence-electron chi connectivity index (χ2n) is 4.94. The fraction of sp³-hybridized carbons (Fsp3) is 0.235. The zero-order chi connectivity index (χ0) is 14.1. The molecule has 3 nitrogen and oxygen atoms in total. The first-order valence-corrected chi connectivity index (χ1v) is 6.57. The number of esters is 1. The topological polar surface area (TPSA) is 35.5 Å². The Bertz CT molecular complexity index is 674. The maximum Gasteiger partial charge on any atom is 0.309 e. The molecule has 0 spiro atoms. The van der Waals surface area contributed by atoms with Crippen LogP contribution in [-0.2, 0) is 22.4 Å². The average molecular weight is 268 g/mol. The molecule has 0 unspecified atom stereocenters. The van der Waals surface area contributed by atoms with Crippen LogP contribution in [0.3, 0.4) is 0 Å². The molecule has 0 aliphatic heterocycles. The number of benzene rings is 2. The van der Waals surface area contributed by atoms with Crippen LogP contribution in [0.25, 0.3) is 11.1 Å². The molecule has 2 aromatic rings. The number of carbonyl (C=O) groups is 1. The van der Waals surface area contributed by atoms with E-state index < -0.39 is 0 Å². The van der Waals surface area contributed by atoms with Crippen LogP contribution in [-0.4, -0.2) is 20.2 Å². The molecule has 3 rings (SSSR count). The van der Waals surface area contributed by atoms with Crippen molar-refractivity contribution in [2.24, 2.45) is 0 Å². The van der Waals surface area contributed by atoms with Crippen LogP contribution in [0.4, 0.5) is 0 Å². The van der Waals surface area contributed by atoms with Gasteiger partial charge in [-0.3, -0.25) is 4.79 Å². The minimum atomic E-state index is -0.206. The Hall–Kier alpha value is -2.29. The third-order valence-corrected chi connectivity index (χ3v) is 3.73. The highest BCUT2D eigenvalue weighted by Gasteiger charge is 2.19. The summed E-state index contributed by atoms with van der Waals surface area (Å²) in [5.41, 5.74) is 6.03. The summed E-state index contributed by atoms with van der Waals surface area (Å²) >= 11 is 0. The zero-order valence-electron chi connectivity index (χ0n) is 11.6. The first-order valence-electron chi connectivity index (χ1n) is 6.57. The average Bonchev–Trinajstić information content (AvgIpc) is 2.83. The molecule has 0 fully saturated rings. The minimum Gasteiger partial charge on any atom is -0.497 e. The van der Waals surface area contributed by atoms with Gasteiger partial charge in [-0.1, -0.05) is 24.3 Å². The number of rotatable bonds is 3. The van der Waals surface area contributed by atoms with E-state index in [1.807, 2.05) is 12.1 Å². The van der Waals surface area contributed by atoms with E-state index in [1.54, 1.807) is 7.11 Å². The van der Waals surface area contributed by atoms with Gasteiger partial charge in [0.25, 0.3) is 0 Å². The molecule has 2 aromatic carbocycles. The van der Waals surface area contributed by atoms with Gasteiger partial charge in [0.05, 0.1) is 20.6 Å². The molecular formula is C17H16O3. The number of hydrogen-bond donors (Lipinski definition) is 0. The first kappa shape index (κ1) is 12.7. The molecule has 0 heterocycles. The molecule has 0 atom stereocenters. The van der Waals surface area contributed by atoms with Gasteiger partial charge in [0.15, 0.2) is 0 Å². The summed E-state index contributed by atoms with van der Waals surface area (Å²) < 4.78 is 9.98. The van der Waals surface area contributed by atoms with Crippen molar-refractivity contribution in [2.45, 2.75) is 12.8 Å². The van der Waals surface area contributed by atoms with Crippen LogP contribution >= 0.6 is 0 Å². The van der Waals surface area contributed by atoms with E-state index in [1.165, 1.54) is 29.4 Å². The predicted molar refractivity (Wildman–Crippen MR) is 77.0 cm³/mol. The van der Waals surface area contributed by atoms with Crippen molar-refractivity contribution in [2.75, 3.05) is 14.2 Å². The van der Waals surface area contributed by atoms with Gasteiger partial charge in [0.1, 0.15) is 5.75 Å². The molecule has 0 amide bonds. The second kappa shape index (κ2) is 5.00. The largest absolute Gasteiger partial charge is 0.497 e. The van der Waals surface area contributed by atoms with Crippen molar-refractivity contribution >= 4 is 5.97 Å². The van der Waals surface area contributed by atoms with E-state index in [0.29, 0.717) is 6.42 Å². The third-order valence-electron chi connectivity index (χ3n) is 3.73. The van der Waals surface area contributed by atoms with Crippen molar-refractivity contribution in [1.29, 1.82) is 0 Å². The van der Waals surface area contributed by atoms with Gasteiger partial charge in [-0.2, -0.15) is 0 Å². The lowest BCUT2D eigenvalue weighted by Gasteiger charge is -2.05. The number of carbonyl (C=O) groups excluding carboxylic acids is 1. The van der Waals surface area contributed by atoms with Crippen LogP contribution in [0.5, 0.6) is 5.75 Å². The summed E-state index contributed by atoms with van der Waals surface area (Å²) in [5, 5.41) is 0. The monoisotopic (exact) mass is 268 g/mol. The highest BCUT2D eigenvalue weighted by Crippen LogP contribution is 2.38. The summed E-state index contributed by atoms with van der Waals surface area (Å²) in [6, 6.07) is 12.3. The third kappa shape index (κ3) is 2.16. The smallest absolute Gasteiger partial charge is 0.309 e. The van der Waals surface area contributed by atoms with Crippen molar-refractivity contribution in [3.05, 3.63) is 53.1 Å². The van der Waals surface area contributed by atoms with Crippen molar-refractivity contribution in [3.8, 4) is 16.9 Å². The summed E-state index contributed by atoms with van der Waals surface area (Å²) in [5.74, 6) is 0.675. The van der Waals surface area contributed by atoms with Crippen molar-refractivity contribution in [1.82, 2.24) is 0 Å². The fourth-order valence-corrected chi connectivity index (χ4v) is 2.72. The summed E-state index contributed by atoms with van der Waals surface area (Å²) in [7, 11) is 3.09. The summed E-state index contributed by atoms with van der Waals surface area (Å²) in [6.45, 7) is 0. The van der Waals surface area contributed by atoms with E-state index in [2.05, 4.69) is 24.3 Å². The van der Waals surface area contributed by atoms with Gasteiger partial charge >= 0.3 is 5.97 Å². The lowest BCUT2D eigenvalue weighted by Crippen LogP contribution is -2.04. The number of fused-ring (bicyclic) bond motifs is 3. The SMILES string of the molecule is COC(=O)Cc1ccc2c(c1)Cc1cc(OC)ccc1-2. The molecule has 0 N–H and O–H groups in total. The zero-order valence-corrected chi connectivity index (χ0v) is 11.6. The normalized spacial score (nSPS) is 11.7. The molecule has 0 aromatic heterocycles. The number of ether oxygens (including phenoxy) is 2. The molecule has 102 valence electrons. The Morgan fingerprint density at radius 2 is 1.75 bits per heavy atom. The van der Waals surface area contributed by atoms with Crippen LogP contribution in [0.15, 0.2) is 36.4 Å². The lowest BCUT2D eigenvalue weighted by atomic mass is 10.0. The Morgan fingerprint density at radius 3 is 2.45 bits per heavy atom. The van der Waals surface area contributed by atoms with E-state index >= 15 is 0 Å². The van der Waals surface area contributed by atoms with Gasteiger partial charge in [-0.25, -0.2) is 0 Å². The molecule has 1 aliphatic rings. The Labute approximate surface area is 118 Å². The van der Waals surface area contributed by atoms with Crippen LogP contribution in [0.2, 0.25) is 0 Å². The molecule has 0 saturated heterocycles. The maximum absolute atomic E-state index is 11.3.